The van der Waals surface area contributed by atoms with Crippen molar-refractivity contribution in [3.8, 4) is 17.7 Å². The predicted molar refractivity (Wildman–Crippen MR) is 96.4 cm³/mol. The van der Waals surface area contributed by atoms with Crippen LogP contribution in [-0.4, -0.2) is 23.0 Å². The first-order chi connectivity index (χ1) is 12.2. The molecule has 4 nitrogen and oxygen atoms in total. The molecule has 1 aliphatic carbocycles. The van der Waals surface area contributed by atoms with Crippen molar-refractivity contribution in [1.82, 2.24) is 9.88 Å². The third kappa shape index (κ3) is 3.14. The normalized spacial score (nSPS) is 15.5. The van der Waals surface area contributed by atoms with Crippen LogP contribution < -0.4 is 4.74 Å². The number of allylic oxidation sites excluding steroid dienone is 3. The Morgan fingerprint density at radius 3 is 2.60 bits per heavy atom. The van der Waals surface area contributed by atoms with Crippen LogP contribution in [-0.2, 0) is 12.8 Å². The zero-order valence-corrected chi connectivity index (χ0v) is 14.2. The van der Waals surface area contributed by atoms with Crippen LogP contribution in [0.15, 0.2) is 54.3 Å². The molecule has 0 spiro atoms. The molecular weight excluding hydrogens is 310 g/mol. The maximum atomic E-state index is 9.00. The van der Waals surface area contributed by atoms with Gasteiger partial charge in [0.05, 0.1) is 11.3 Å². The van der Waals surface area contributed by atoms with E-state index in [2.05, 4.69) is 46.3 Å². The van der Waals surface area contributed by atoms with E-state index in [9.17, 15) is 0 Å². The zero-order valence-electron chi connectivity index (χ0n) is 14.2. The van der Waals surface area contributed by atoms with Crippen LogP contribution >= 0.6 is 0 Å². The number of fused-ring (bicyclic) bond motifs is 1. The highest BCUT2D eigenvalue weighted by molar-refractivity contribution is 5.41. The van der Waals surface area contributed by atoms with Gasteiger partial charge in [-0.25, -0.2) is 4.98 Å². The van der Waals surface area contributed by atoms with E-state index in [-0.39, 0.29) is 0 Å². The van der Waals surface area contributed by atoms with E-state index in [1.54, 1.807) is 12.1 Å². The third-order valence-electron chi connectivity index (χ3n) is 4.78. The number of aryl methyl sites for hydroxylation is 1. The van der Waals surface area contributed by atoms with E-state index in [0.29, 0.717) is 17.1 Å². The minimum atomic E-state index is 0.524. The summed E-state index contributed by atoms with van der Waals surface area (Å²) in [6, 6.07) is 11.9. The van der Waals surface area contributed by atoms with Crippen molar-refractivity contribution in [2.75, 3.05) is 13.1 Å². The standard InChI is InChI=1S/C21H19N3O/c1-15-18(14-22)6-8-21(23-15)25-20-7-5-16-9-11-24(19-3-2-4-19)12-10-17(16)13-20/h2-8,13H,9-12H2,1H3. The Balaban J connectivity index is 1.51. The van der Waals surface area contributed by atoms with Gasteiger partial charge in [-0.1, -0.05) is 12.1 Å². The lowest BCUT2D eigenvalue weighted by Gasteiger charge is -2.26. The van der Waals surface area contributed by atoms with Gasteiger partial charge in [-0.15, -0.1) is 0 Å². The van der Waals surface area contributed by atoms with Crippen LogP contribution in [0.2, 0.25) is 0 Å². The summed E-state index contributed by atoms with van der Waals surface area (Å²) in [5.41, 5.74) is 5.33. The van der Waals surface area contributed by atoms with Gasteiger partial charge in [0.1, 0.15) is 11.8 Å². The van der Waals surface area contributed by atoms with Gasteiger partial charge in [0, 0.05) is 24.9 Å². The molecule has 0 unspecified atom stereocenters. The maximum Gasteiger partial charge on any atom is 0.219 e. The molecule has 1 aliphatic heterocycles. The number of hydrogen-bond donors (Lipinski definition) is 0. The number of ether oxygens (including phenoxy) is 1. The molecule has 0 radical (unpaired) electrons. The molecule has 2 aliphatic rings. The van der Waals surface area contributed by atoms with Crippen molar-refractivity contribution >= 4 is 0 Å². The van der Waals surface area contributed by atoms with Crippen molar-refractivity contribution in [2.45, 2.75) is 19.8 Å². The average Bonchev–Trinajstić information content (AvgIpc) is 2.76. The second-order valence-corrected chi connectivity index (χ2v) is 6.36. The minimum absolute atomic E-state index is 0.524. The second kappa shape index (κ2) is 6.45. The van der Waals surface area contributed by atoms with Crippen LogP contribution in [0.25, 0.3) is 0 Å². The smallest absolute Gasteiger partial charge is 0.219 e. The number of aromatic nitrogens is 1. The summed E-state index contributed by atoms with van der Waals surface area (Å²) in [4.78, 5) is 6.79. The molecule has 0 amide bonds. The lowest BCUT2D eigenvalue weighted by molar-refractivity contribution is 0.370. The van der Waals surface area contributed by atoms with E-state index >= 15 is 0 Å². The Morgan fingerprint density at radius 1 is 1.12 bits per heavy atom. The van der Waals surface area contributed by atoms with Crippen molar-refractivity contribution in [1.29, 1.82) is 5.26 Å². The maximum absolute atomic E-state index is 9.00. The minimum Gasteiger partial charge on any atom is -0.439 e. The van der Waals surface area contributed by atoms with Crippen LogP contribution in [0.1, 0.15) is 22.4 Å². The number of rotatable bonds is 3. The van der Waals surface area contributed by atoms with Gasteiger partial charge in [-0.05, 0) is 61.2 Å². The SMILES string of the molecule is Cc1nc(Oc2ccc3c(c2)CCN(C2=CC=C2)CC3)ccc1C#N. The molecule has 25 heavy (non-hydrogen) atoms. The van der Waals surface area contributed by atoms with Crippen molar-refractivity contribution in [3.05, 3.63) is 76.6 Å². The predicted octanol–water partition coefficient (Wildman–Crippen LogP) is 3.91. The molecule has 124 valence electrons. The Bertz CT molecular complexity index is 921. The molecule has 0 atom stereocenters. The van der Waals surface area contributed by atoms with Crippen LogP contribution in [0.3, 0.4) is 0 Å². The summed E-state index contributed by atoms with van der Waals surface area (Å²) in [6.45, 7) is 3.90. The fourth-order valence-electron chi connectivity index (χ4n) is 3.25. The molecule has 2 aromatic rings. The number of nitriles is 1. The number of hydrogen-bond acceptors (Lipinski definition) is 4. The first kappa shape index (κ1) is 15.5. The Labute approximate surface area is 147 Å². The topological polar surface area (TPSA) is 49.1 Å². The summed E-state index contributed by atoms with van der Waals surface area (Å²) >= 11 is 0. The molecular formula is C21H19N3O. The Hall–Kier alpha value is -3.06. The lowest BCUT2D eigenvalue weighted by atomic mass is 10.0. The summed E-state index contributed by atoms with van der Waals surface area (Å²) < 4.78 is 5.92. The highest BCUT2D eigenvalue weighted by atomic mass is 16.5. The van der Waals surface area contributed by atoms with Crippen LogP contribution in [0, 0.1) is 18.3 Å². The molecule has 0 fully saturated rings. The lowest BCUT2D eigenvalue weighted by Crippen LogP contribution is -2.26. The summed E-state index contributed by atoms with van der Waals surface area (Å²) in [6.07, 6.45) is 8.49. The fraction of sp³-hybridized carbons (Fsp3) is 0.238. The van der Waals surface area contributed by atoms with Gasteiger partial charge in [-0.2, -0.15) is 5.26 Å². The summed E-state index contributed by atoms with van der Waals surface area (Å²) in [5.74, 6) is 1.32. The van der Waals surface area contributed by atoms with Gasteiger partial charge in [0.2, 0.25) is 5.88 Å². The fourth-order valence-corrected chi connectivity index (χ4v) is 3.25. The monoisotopic (exact) mass is 329 g/mol. The van der Waals surface area contributed by atoms with Crippen LogP contribution in [0.5, 0.6) is 11.6 Å². The van der Waals surface area contributed by atoms with Gasteiger partial charge >= 0.3 is 0 Å². The first-order valence-electron chi connectivity index (χ1n) is 8.53. The third-order valence-corrected chi connectivity index (χ3v) is 4.78. The quantitative estimate of drug-likeness (QED) is 0.857. The summed E-state index contributed by atoms with van der Waals surface area (Å²) in [7, 11) is 0. The van der Waals surface area contributed by atoms with Crippen LogP contribution in [0.4, 0.5) is 0 Å². The van der Waals surface area contributed by atoms with Crippen molar-refractivity contribution in [3.63, 3.8) is 0 Å². The molecule has 0 saturated heterocycles. The van der Waals surface area contributed by atoms with Crippen molar-refractivity contribution < 1.29 is 4.74 Å². The summed E-state index contributed by atoms with van der Waals surface area (Å²) in [5, 5.41) is 9.00. The molecule has 4 rings (SSSR count). The first-order valence-corrected chi connectivity index (χ1v) is 8.53. The molecule has 0 N–H and O–H groups in total. The molecule has 0 bridgehead atoms. The molecule has 0 saturated carbocycles. The number of pyridine rings is 1. The van der Waals surface area contributed by atoms with E-state index < -0.39 is 0 Å². The van der Waals surface area contributed by atoms with Gasteiger partial charge in [0.25, 0.3) is 0 Å². The zero-order chi connectivity index (χ0) is 17.2. The van der Waals surface area contributed by atoms with Gasteiger partial charge < -0.3 is 9.64 Å². The second-order valence-electron chi connectivity index (χ2n) is 6.36. The van der Waals surface area contributed by atoms with Crippen molar-refractivity contribution in [2.24, 2.45) is 0 Å². The Morgan fingerprint density at radius 2 is 1.92 bits per heavy atom. The van der Waals surface area contributed by atoms with E-state index in [1.165, 1.54) is 16.8 Å². The Kier molecular flexibility index (Phi) is 3.99. The highest BCUT2D eigenvalue weighted by Gasteiger charge is 2.17. The largest absolute Gasteiger partial charge is 0.439 e. The van der Waals surface area contributed by atoms with E-state index in [4.69, 9.17) is 10.00 Å². The van der Waals surface area contributed by atoms with Gasteiger partial charge in [0.15, 0.2) is 0 Å². The molecule has 2 heterocycles. The van der Waals surface area contributed by atoms with E-state index in [0.717, 1.165) is 31.7 Å². The average molecular weight is 329 g/mol. The molecule has 1 aromatic carbocycles. The van der Waals surface area contributed by atoms with Gasteiger partial charge in [-0.3, -0.25) is 0 Å². The number of benzene rings is 1. The van der Waals surface area contributed by atoms with E-state index in [1.807, 2.05) is 13.0 Å². The molecule has 1 aromatic heterocycles. The molecule has 4 heteroatoms. The number of nitrogens with zero attached hydrogens (tertiary/aromatic N) is 3. The highest BCUT2D eigenvalue weighted by Crippen LogP contribution is 2.27.